The average molecular weight is 291 g/mol. The molecule has 4 heteroatoms. The Kier molecular flexibility index (Phi) is 5.76. The van der Waals surface area contributed by atoms with Crippen molar-refractivity contribution in [1.29, 1.82) is 0 Å². The quantitative estimate of drug-likeness (QED) is 0.874. The third-order valence-electron chi connectivity index (χ3n) is 4.45. The summed E-state index contributed by atoms with van der Waals surface area (Å²) < 4.78 is 10.7. The van der Waals surface area contributed by atoms with E-state index in [9.17, 15) is 4.79 Å². The van der Waals surface area contributed by atoms with Gasteiger partial charge in [0, 0.05) is 12.0 Å². The van der Waals surface area contributed by atoms with Gasteiger partial charge in [0.1, 0.15) is 0 Å². The van der Waals surface area contributed by atoms with Gasteiger partial charge >= 0.3 is 0 Å². The Hall–Kier alpha value is -1.39. The number of nitrogens with one attached hydrogen (secondary N) is 1. The summed E-state index contributed by atoms with van der Waals surface area (Å²) in [6.45, 7) is 6.38. The Bertz CT molecular complexity index is 437. The fourth-order valence-corrected chi connectivity index (χ4v) is 2.81. The first kappa shape index (κ1) is 16.0. The van der Waals surface area contributed by atoms with Gasteiger partial charge in [-0.1, -0.05) is 44.2 Å². The molecule has 1 aromatic carbocycles. The molecule has 0 radical (unpaired) electrons. The first-order chi connectivity index (χ1) is 10.2. The van der Waals surface area contributed by atoms with E-state index < -0.39 is 6.10 Å². The first-order valence-electron chi connectivity index (χ1n) is 7.74. The van der Waals surface area contributed by atoms with Crippen molar-refractivity contribution < 1.29 is 14.3 Å². The van der Waals surface area contributed by atoms with Crippen LogP contribution in [0.25, 0.3) is 0 Å². The molecule has 2 rings (SSSR count). The minimum absolute atomic E-state index is 0.0214. The summed E-state index contributed by atoms with van der Waals surface area (Å²) in [4.78, 5) is 12.2. The predicted octanol–water partition coefficient (Wildman–Crippen LogP) is 2.28. The Balaban J connectivity index is 2.01. The van der Waals surface area contributed by atoms with Crippen molar-refractivity contribution in [2.24, 2.45) is 0 Å². The van der Waals surface area contributed by atoms with Gasteiger partial charge < -0.3 is 14.8 Å². The van der Waals surface area contributed by atoms with E-state index in [1.807, 2.05) is 6.07 Å². The standard InChI is InChI=1S/C17H25NO3/c1-3-17(4-2,14-8-6-5-7-9-14)13-18-16(19)15-12-20-10-11-21-15/h5-9,15H,3-4,10-13H2,1-2H3,(H,18,19). The molecule has 1 fully saturated rings. The second-order valence-corrected chi connectivity index (χ2v) is 5.51. The molecule has 0 aliphatic carbocycles. The van der Waals surface area contributed by atoms with E-state index in [2.05, 4.69) is 43.4 Å². The molecule has 1 saturated heterocycles. The highest BCUT2D eigenvalue weighted by Crippen LogP contribution is 2.30. The van der Waals surface area contributed by atoms with Gasteiger partial charge in [-0.3, -0.25) is 4.79 Å². The van der Waals surface area contributed by atoms with E-state index in [-0.39, 0.29) is 11.3 Å². The van der Waals surface area contributed by atoms with Crippen molar-refractivity contribution in [2.75, 3.05) is 26.4 Å². The van der Waals surface area contributed by atoms with Crippen molar-refractivity contribution in [3.63, 3.8) is 0 Å². The molecule has 0 saturated carbocycles. The van der Waals surface area contributed by atoms with Crippen LogP contribution in [0.4, 0.5) is 0 Å². The summed E-state index contributed by atoms with van der Waals surface area (Å²) >= 11 is 0. The van der Waals surface area contributed by atoms with E-state index >= 15 is 0 Å². The van der Waals surface area contributed by atoms with Gasteiger partial charge in [0.05, 0.1) is 19.8 Å². The number of amides is 1. The molecule has 0 aromatic heterocycles. The maximum Gasteiger partial charge on any atom is 0.251 e. The molecule has 116 valence electrons. The third-order valence-corrected chi connectivity index (χ3v) is 4.45. The minimum atomic E-state index is -0.471. The van der Waals surface area contributed by atoms with Crippen LogP contribution >= 0.6 is 0 Å². The van der Waals surface area contributed by atoms with Crippen LogP contribution in [-0.2, 0) is 19.7 Å². The highest BCUT2D eigenvalue weighted by molar-refractivity contribution is 5.81. The monoisotopic (exact) mass is 291 g/mol. The zero-order valence-electron chi connectivity index (χ0n) is 12.9. The molecule has 1 aliphatic heterocycles. The van der Waals surface area contributed by atoms with E-state index in [4.69, 9.17) is 9.47 Å². The van der Waals surface area contributed by atoms with E-state index in [1.165, 1.54) is 5.56 Å². The molecule has 0 bridgehead atoms. The smallest absolute Gasteiger partial charge is 0.251 e. The van der Waals surface area contributed by atoms with Gasteiger partial charge in [0.15, 0.2) is 6.10 Å². The van der Waals surface area contributed by atoms with Crippen LogP contribution in [0.1, 0.15) is 32.3 Å². The molecular formula is C17H25NO3. The molecular weight excluding hydrogens is 266 g/mol. The number of hydrogen-bond donors (Lipinski definition) is 1. The molecule has 1 N–H and O–H groups in total. The van der Waals surface area contributed by atoms with Crippen LogP contribution < -0.4 is 5.32 Å². The number of carbonyl (C=O) groups excluding carboxylic acids is 1. The second-order valence-electron chi connectivity index (χ2n) is 5.51. The van der Waals surface area contributed by atoms with Crippen LogP contribution in [-0.4, -0.2) is 38.4 Å². The van der Waals surface area contributed by atoms with E-state index in [0.717, 1.165) is 12.8 Å². The van der Waals surface area contributed by atoms with Gasteiger partial charge in [-0.05, 0) is 18.4 Å². The number of benzene rings is 1. The van der Waals surface area contributed by atoms with Crippen molar-refractivity contribution in [3.8, 4) is 0 Å². The zero-order chi connectivity index (χ0) is 15.1. The molecule has 0 spiro atoms. The summed E-state index contributed by atoms with van der Waals surface area (Å²) in [5.41, 5.74) is 1.25. The maximum atomic E-state index is 12.2. The van der Waals surface area contributed by atoms with Crippen molar-refractivity contribution in [3.05, 3.63) is 35.9 Å². The lowest BCUT2D eigenvalue weighted by Crippen LogP contribution is -2.47. The zero-order valence-corrected chi connectivity index (χ0v) is 12.9. The molecule has 1 atom stereocenters. The van der Waals surface area contributed by atoms with Crippen molar-refractivity contribution in [2.45, 2.75) is 38.2 Å². The largest absolute Gasteiger partial charge is 0.376 e. The lowest BCUT2D eigenvalue weighted by atomic mass is 9.76. The fraction of sp³-hybridized carbons (Fsp3) is 0.588. The van der Waals surface area contributed by atoms with Crippen molar-refractivity contribution in [1.82, 2.24) is 5.32 Å². The highest BCUT2D eigenvalue weighted by Gasteiger charge is 2.30. The van der Waals surface area contributed by atoms with Gasteiger partial charge in [-0.15, -0.1) is 0 Å². The summed E-state index contributed by atoms with van der Waals surface area (Å²) in [5.74, 6) is -0.0723. The van der Waals surface area contributed by atoms with E-state index in [1.54, 1.807) is 0 Å². The van der Waals surface area contributed by atoms with Crippen LogP contribution in [0.2, 0.25) is 0 Å². The van der Waals surface area contributed by atoms with Crippen LogP contribution in [0.5, 0.6) is 0 Å². The lowest BCUT2D eigenvalue weighted by Gasteiger charge is -2.33. The van der Waals surface area contributed by atoms with Gasteiger partial charge in [0.2, 0.25) is 0 Å². The number of hydrogen-bond acceptors (Lipinski definition) is 3. The number of rotatable bonds is 6. The Labute approximate surface area is 126 Å². The molecule has 1 aliphatic rings. The summed E-state index contributed by atoms with van der Waals surface area (Å²) in [6, 6.07) is 10.4. The Morgan fingerprint density at radius 3 is 2.52 bits per heavy atom. The Morgan fingerprint density at radius 2 is 1.95 bits per heavy atom. The second kappa shape index (κ2) is 7.57. The fourth-order valence-electron chi connectivity index (χ4n) is 2.81. The van der Waals surface area contributed by atoms with Crippen LogP contribution in [0, 0.1) is 0 Å². The maximum absolute atomic E-state index is 12.2. The lowest BCUT2D eigenvalue weighted by molar-refractivity contribution is -0.147. The molecule has 1 amide bonds. The summed E-state index contributed by atoms with van der Waals surface area (Å²) in [5, 5.41) is 3.05. The number of ether oxygens (including phenoxy) is 2. The Morgan fingerprint density at radius 1 is 1.24 bits per heavy atom. The number of carbonyl (C=O) groups is 1. The summed E-state index contributed by atoms with van der Waals surface area (Å²) in [6.07, 6.45) is 1.49. The van der Waals surface area contributed by atoms with Crippen molar-refractivity contribution >= 4 is 5.91 Å². The summed E-state index contributed by atoms with van der Waals surface area (Å²) in [7, 11) is 0. The first-order valence-corrected chi connectivity index (χ1v) is 7.74. The molecule has 1 heterocycles. The van der Waals surface area contributed by atoms with Gasteiger partial charge in [0.25, 0.3) is 5.91 Å². The third kappa shape index (κ3) is 3.83. The minimum Gasteiger partial charge on any atom is -0.376 e. The van der Waals surface area contributed by atoms with E-state index in [0.29, 0.717) is 26.4 Å². The van der Waals surface area contributed by atoms with Gasteiger partial charge in [-0.25, -0.2) is 0 Å². The normalized spacial score (nSPS) is 19.2. The predicted molar refractivity (Wildman–Crippen MR) is 82.3 cm³/mol. The van der Waals surface area contributed by atoms with Gasteiger partial charge in [-0.2, -0.15) is 0 Å². The van der Waals surface area contributed by atoms with Crippen LogP contribution in [0.15, 0.2) is 30.3 Å². The average Bonchev–Trinajstić information content (AvgIpc) is 2.58. The highest BCUT2D eigenvalue weighted by atomic mass is 16.6. The van der Waals surface area contributed by atoms with Crippen LogP contribution in [0.3, 0.4) is 0 Å². The molecule has 4 nitrogen and oxygen atoms in total. The molecule has 1 unspecified atom stereocenters. The SMILES string of the molecule is CCC(CC)(CNC(=O)C1COCCO1)c1ccccc1. The topological polar surface area (TPSA) is 47.6 Å². The molecule has 1 aromatic rings. The molecule has 21 heavy (non-hydrogen) atoms.